The summed E-state index contributed by atoms with van der Waals surface area (Å²) < 4.78 is 3.19. The van der Waals surface area contributed by atoms with Gasteiger partial charge in [0.1, 0.15) is 0 Å². The predicted molar refractivity (Wildman–Crippen MR) is 45.3 cm³/mol. The Bertz CT molecular complexity index is 12.9. The Morgan fingerprint density at radius 2 is 0.462 bits per heavy atom. The molecule has 13 heteroatoms. The Kier molecular flexibility index (Phi) is 8790. The van der Waals surface area contributed by atoms with Gasteiger partial charge in [-0.15, -0.1) is 0 Å². The van der Waals surface area contributed by atoms with Crippen LogP contribution in [0.15, 0.2) is 0 Å². The monoisotopic (exact) mass is 338 g/mol. The second-order valence-corrected chi connectivity index (χ2v) is 0.525. The van der Waals surface area contributed by atoms with Gasteiger partial charge in [0.2, 0.25) is 0 Å². The van der Waals surface area contributed by atoms with Gasteiger partial charge in [-0.2, -0.15) is 3.84 Å². The van der Waals surface area contributed by atoms with Gasteiger partial charge < -0.3 is 49.3 Å². The zero-order chi connectivity index (χ0) is 2.71. The van der Waals surface area contributed by atoms with Crippen LogP contribution in [0.5, 0.6) is 0 Å². The van der Waals surface area contributed by atoms with Gasteiger partial charge in [0.25, 0.3) is 0 Å². The molecule has 0 unspecified atom stereocenters. The van der Waals surface area contributed by atoms with Gasteiger partial charge in [-0.3, -0.25) is 0 Å². The molecule has 0 aliphatic heterocycles. The maximum absolute atomic E-state index is 4.26. The van der Waals surface area contributed by atoms with Crippen molar-refractivity contribution >= 4 is 23.7 Å². The van der Waals surface area contributed by atoms with Crippen LogP contribution in [0.2, 0.25) is 0 Å². The minimum Gasteiger partial charge on any atom is -0.412 e. The van der Waals surface area contributed by atoms with Gasteiger partial charge in [-0.1, -0.05) is 0 Å². The molecule has 0 spiro atoms. The quantitative estimate of drug-likeness (QED) is 0.408. The molecule has 96 valence electrons. The van der Waals surface area contributed by atoms with Gasteiger partial charge in [0.05, 0.1) is 23.7 Å². The molecule has 0 rings (SSSR count). The Labute approximate surface area is 103 Å². The smallest absolute Gasteiger partial charge is 0.0832 e. The third kappa shape index (κ3) is 1410. The topological polar surface area (TPSA) is 293 Å². The second-order valence-electron chi connectivity index (χ2n) is 0.0583. The standard InChI is InChI=1S/Cl2O.9H2O.Zr/c1-3-2;;;;;;;;;;/h;9*1H2;. The molecule has 0 aliphatic rings. The average Bonchev–Trinajstić information content (AvgIpc) is 0.918. The van der Waals surface area contributed by atoms with Crippen molar-refractivity contribution in [2.45, 2.75) is 0 Å². The Hall–Kier alpha value is 1.06. The average molecular weight is 340 g/mol. The summed E-state index contributed by atoms with van der Waals surface area (Å²) >= 11 is 8.53. The molecule has 10 nitrogen and oxygen atoms in total. The normalized spacial score (nSPS) is 1.38. The minimum atomic E-state index is 0. The van der Waals surface area contributed by atoms with Crippen molar-refractivity contribution in [1.82, 2.24) is 0 Å². The van der Waals surface area contributed by atoms with E-state index in [4.69, 9.17) is 0 Å². The Balaban J connectivity index is -0.000000000444. The molecule has 0 aromatic carbocycles. The van der Waals surface area contributed by atoms with Gasteiger partial charge in [-0.05, 0) is 0 Å². The van der Waals surface area contributed by atoms with E-state index in [-0.39, 0.29) is 75.5 Å². The van der Waals surface area contributed by atoms with Crippen molar-refractivity contribution < 1.29 is 79.3 Å². The number of hydrogen-bond acceptors (Lipinski definition) is 1. The van der Waals surface area contributed by atoms with E-state index in [0.717, 1.165) is 0 Å². The first-order valence-electron chi connectivity index (χ1n) is 0.309. The van der Waals surface area contributed by atoms with Crippen LogP contribution >= 0.6 is 23.7 Å². The molecular weight excluding hydrogens is 322 g/mol. The van der Waals surface area contributed by atoms with Crippen LogP contribution in [0.3, 0.4) is 0 Å². The molecule has 0 heterocycles. The van der Waals surface area contributed by atoms with Crippen LogP contribution in [0, 0.1) is 0 Å². The van der Waals surface area contributed by atoms with Crippen molar-refractivity contribution in [1.29, 1.82) is 0 Å². The minimum absolute atomic E-state index is 0. The first-order valence-corrected chi connectivity index (χ1v) is 0.926. The van der Waals surface area contributed by atoms with Gasteiger partial charge in [0.15, 0.2) is 0 Å². The summed E-state index contributed by atoms with van der Waals surface area (Å²) in [6.45, 7) is 0. The summed E-state index contributed by atoms with van der Waals surface area (Å²) in [4.78, 5) is 0. The third-order valence-corrected chi connectivity index (χ3v) is 0. The summed E-state index contributed by atoms with van der Waals surface area (Å²) in [6, 6.07) is 0. The van der Waals surface area contributed by atoms with Gasteiger partial charge >= 0.3 is 0 Å². The molecule has 0 fully saturated rings. The number of halogens is 2. The summed E-state index contributed by atoms with van der Waals surface area (Å²) in [7, 11) is 0. The van der Waals surface area contributed by atoms with E-state index in [9.17, 15) is 0 Å². The number of rotatable bonds is 0. The molecular formula is H18Cl2O10Zr. The molecule has 0 aliphatic carbocycles. The van der Waals surface area contributed by atoms with E-state index in [1.54, 1.807) is 0 Å². The molecule has 0 aromatic heterocycles. The summed E-state index contributed by atoms with van der Waals surface area (Å²) in [5.74, 6) is 0. The Morgan fingerprint density at radius 1 is 0.462 bits per heavy atom. The van der Waals surface area contributed by atoms with Gasteiger partial charge in [0, 0.05) is 26.2 Å². The van der Waals surface area contributed by atoms with E-state index in [0.29, 0.717) is 0 Å². The number of hydrogen-bond donors (Lipinski definition) is 0. The van der Waals surface area contributed by atoms with E-state index >= 15 is 0 Å². The van der Waals surface area contributed by atoms with Crippen LogP contribution in [0.1, 0.15) is 0 Å². The van der Waals surface area contributed by atoms with Crippen LogP contribution in [0.25, 0.3) is 0 Å². The largest absolute Gasteiger partial charge is 0.412 e. The van der Waals surface area contributed by atoms with E-state index < -0.39 is 0 Å². The zero-order valence-corrected chi connectivity index (χ0v) is 10.1. The van der Waals surface area contributed by atoms with E-state index in [1.807, 2.05) is 0 Å². The molecule has 0 aromatic rings. The molecule has 0 saturated carbocycles. The molecule has 18 N–H and O–H groups in total. The predicted octanol–water partition coefficient (Wildman–Crippen LogP) is -6.11. The van der Waals surface area contributed by atoms with Gasteiger partial charge in [-0.25, -0.2) is 0 Å². The van der Waals surface area contributed by atoms with Crippen molar-refractivity contribution in [3.05, 3.63) is 0 Å². The van der Waals surface area contributed by atoms with Crippen LogP contribution < -0.4 is 0 Å². The van der Waals surface area contributed by atoms with Crippen molar-refractivity contribution in [2.75, 3.05) is 0 Å². The molecule has 0 saturated heterocycles. The van der Waals surface area contributed by atoms with E-state index in [1.165, 1.54) is 0 Å². The van der Waals surface area contributed by atoms with Crippen LogP contribution in [-0.4, -0.2) is 49.3 Å². The first kappa shape index (κ1) is 256. The molecule has 13 heavy (non-hydrogen) atoms. The molecule has 0 radical (unpaired) electrons. The van der Waals surface area contributed by atoms with Crippen molar-refractivity contribution in [3.63, 3.8) is 0 Å². The van der Waals surface area contributed by atoms with Crippen LogP contribution in [-0.2, 0) is 30.0 Å². The summed E-state index contributed by atoms with van der Waals surface area (Å²) in [5, 5.41) is 0. The van der Waals surface area contributed by atoms with Crippen molar-refractivity contribution in [2.24, 2.45) is 0 Å². The Morgan fingerprint density at radius 3 is 0.462 bits per heavy atom. The maximum atomic E-state index is 4.26. The van der Waals surface area contributed by atoms with E-state index in [2.05, 4.69) is 27.6 Å². The maximum Gasteiger partial charge on any atom is 0.0832 e. The molecule has 0 bridgehead atoms. The SMILES string of the molecule is ClOCl.O.O.O.O.O.O.O.O.O.[Zr]. The molecule has 0 atom stereocenters. The van der Waals surface area contributed by atoms with Crippen LogP contribution in [0.4, 0.5) is 0 Å². The first-order chi connectivity index (χ1) is 1.41. The summed E-state index contributed by atoms with van der Waals surface area (Å²) in [5.41, 5.74) is 0. The zero-order valence-electron chi connectivity index (χ0n) is 6.16. The summed E-state index contributed by atoms with van der Waals surface area (Å²) in [6.07, 6.45) is 0. The fraction of sp³-hybridized carbons (Fsp3) is 0. The fourth-order valence-corrected chi connectivity index (χ4v) is 0. The molecule has 0 amide bonds. The fourth-order valence-electron chi connectivity index (χ4n) is 0. The second kappa shape index (κ2) is 447. The third-order valence-electron chi connectivity index (χ3n) is 0. The van der Waals surface area contributed by atoms with Crippen molar-refractivity contribution in [3.8, 4) is 0 Å².